The first-order valence-corrected chi connectivity index (χ1v) is 11.1. The molecule has 0 saturated carbocycles. The summed E-state index contributed by atoms with van der Waals surface area (Å²) in [6.07, 6.45) is 0.996. The van der Waals surface area contributed by atoms with E-state index in [4.69, 9.17) is 9.47 Å². The molecule has 3 amide bonds. The maximum Gasteiger partial charge on any atom is 0.410 e. The Morgan fingerprint density at radius 1 is 1.11 bits per heavy atom. The maximum absolute atomic E-state index is 14.3. The van der Waals surface area contributed by atoms with Crippen LogP contribution in [0.4, 0.5) is 19.8 Å². The number of hydrogen-bond donors (Lipinski definition) is 0. The van der Waals surface area contributed by atoms with Crippen LogP contribution in [-0.2, 0) is 9.47 Å². The summed E-state index contributed by atoms with van der Waals surface area (Å²) in [6, 6.07) is 6.57. The number of carbonyl (C=O) groups is 3. The number of hydrogen-bond acceptors (Lipinski definition) is 7. The minimum atomic E-state index is -0.724. The molecule has 10 nitrogen and oxygen atoms in total. The van der Waals surface area contributed by atoms with Crippen molar-refractivity contribution in [3.8, 4) is 11.5 Å². The standard InChI is InChI=1S/C24H27FN4O6/c1-24(2,3)35-23(32)27-9-10-28-16(13-27)14-29(22(28)31)20-8-6-17(12-26-20)34-19-7-5-15(11-18(19)25)21(30)33-4/h5-8,11-12,16H,9-10,13-14H2,1-4H3. The van der Waals surface area contributed by atoms with E-state index in [1.165, 1.54) is 25.4 Å². The van der Waals surface area contributed by atoms with E-state index in [0.29, 0.717) is 32.0 Å². The highest BCUT2D eigenvalue weighted by Gasteiger charge is 2.43. The number of anilines is 1. The summed E-state index contributed by atoms with van der Waals surface area (Å²) < 4.78 is 29.9. The van der Waals surface area contributed by atoms with Crippen LogP contribution in [-0.4, -0.2) is 77.8 Å². The average Bonchev–Trinajstić information content (AvgIpc) is 3.15. The van der Waals surface area contributed by atoms with Crippen LogP contribution < -0.4 is 9.64 Å². The van der Waals surface area contributed by atoms with Crippen LogP contribution in [0, 0.1) is 5.82 Å². The summed E-state index contributed by atoms with van der Waals surface area (Å²) in [7, 11) is 1.21. The van der Waals surface area contributed by atoms with Gasteiger partial charge in [-0.25, -0.2) is 23.8 Å². The lowest BCUT2D eigenvalue weighted by atomic mass is 10.2. The summed E-state index contributed by atoms with van der Waals surface area (Å²) in [5, 5.41) is 0. The number of esters is 1. The Labute approximate surface area is 202 Å². The maximum atomic E-state index is 14.3. The van der Waals surface area contributed by atoms with E-state index in [0.717, 1.165) is 6.07 Å². The number of benzene rings is 1. The van der Waals surface area contributed by atoms with Crippen molar-refractivity contribution in [1.29, 1.82) is 0 Å². The zero-order valence-electron chi connectivity index (χ0n) is 20.0. The van der Waals surface area contributed by atoms with Crippen molar-refractivity contribution in [3.63, 3.8) is 0 Å². The number of amides is 3. The Kier molecular flexibility index (Phi) is 6.51. The second-order valence-electron chi connectivity index (χ2n) is 9.26. The highest BCUT2D eigenvalue weighted by molar-refractivity contribution is 5.94. The third-order valence-electron chi connectivity index (χ3n) is 5.58. The molecule has 11 heteroatoms. The third kappa shape index (κ3) is 5.28. The van der Waals surface area contributed by atoms with Crippen molar-refractivity contribution in [1.82, 2.24) is 14.8 Å². The highest BCUT2D eigenvalue weighted by Crippen LogP contribution is 2.29. The SMILES string of the molecule is COC(=O)c1ccc(Oc2ccc(N3CC4CN(C(=O)OC(C)(C)C)CCN4C3=O)nc2)c(F)c1. The molecule has 1 aromatic heterocycles. The van der Waals surface area contributed by atoms with Crippen LogP contribution in [0.2, 0.25) is 0 Å². The van der Waals surface area contributed by atoms with Gasteiger partial charge >= 0.3 is 18.1 Å². The molecule has 2 aliphatic heterocycles. The second kappa shape index (κ2) is 9.40. The number of pyridine rings is 1. The summed E-state index contributed by atoms with van der Waals surface area (Å²) in [6.45, 7) is 6.98. The van der Waals surface area contributed by atoms with Gasteiger partial charge in [0.2, 0.25) is 0 Å². The largest absolute Gasteiger partial charge is 0.465 e. The van der Waals surface area contributed by atoms with Crippen molar-refractivity contribution in [3.05, 3.63) is 47.9 Å². The van der Waals surface area contributed by atoms with Gasteiger partial charge in [-0.3, -0.25) is 4.90 Å². The van der Waals surface area contributed by atoms with Gasteiger partial charge in [-0.15, -0.1) is 0 Å². The lowest BCUT2D eigenvalue weighted by molar-refractivity contribution is 0.0128. The normalized spacial score (nSPS) is 17.8. The molecule has 0 bridgehead atoms. The number of piperazine rings is 1. The minimum Gasteiger partial charge on any atom is -0.465 e. The van der Waals surface area contributed by atoms with Gasteiger partial charge in [0.25, 0.3) is 0 Å². The first-order valence-electron chi connectivity index (χ1n) is 11.1. The van der Waals surface area contributed by atoms with E-state index in [1.807, 2.05) is 20.8 Å². The highest BCUT2D eigenvalue weighted by atomic mass is 19.1. The number of methoxy groups -OCH3 is 1. The molecule has 2 fully saturated rings. The Bertz CT molecular complexity index is 1130. The van der Waals surface area contributed by atoms with Crippen molar-refractivity contribution in [2.75, 3.05) is 38.2 Å². The van der Waals surface area contributed by atoms with Crippen molar-refractivity contribution >= 4 is 23.9 Å². The smallest absolute Gasteiger partial charge is 0.410 e. The first kappa shape index (κ1) is 24.2. The van der Waals surface area contributed by atoms with Gasteiger partial charge in [-0.2, -0.15) is 0 Å². The van der Waals surface area contributed by atoms with Crippen LogP contribution in [0.5, 0.6) is 11.5 Å². The van der Waals surface area contributed by atoms with E-state index in [2.05, 4.69) is 9.72 Å². The Balaban J connectivity index is 1.41. The lowest BCUT2D eigenvalue weighted by Gasteiger charge is -2.36. The molecule has 4 rings (SSSR count). The Morgan fingerprint density at radius 2 is 1.89 bits per heavy atom. The molecule has 0 aliphatic carbocycles. The van der Waals surface area contributed by atoms with Gasteiger partial charge in [0, 0.05) is 19.6 Å². The second-order valence-corrected chi connectivity index (χ2v) is 9.26. The number of ether oxygens (including phenoxy) is 3. The fourth-order valence-corrected chi connectivity index (χ4v) is 3.94. The summed E-state index contributed by atoms with van der Waals surface area (Å²) >= 11 is 0. The molecule has 1 atom stereocenters. The molecule has 0 radical (unpaired) electrons. The van der Waals surface area contributed by atoms with E-state index in [1.54, 1.807) is 26.8 Å². The van der Waals surface area contributed by atoms with Crippen LogP contribution >= 0.6 is 0 Å². The molecule has 2 saturated heterocycles. The van der Waals surface area contributed by atoms with E-state index >= 15 is 0 Å². The number of rotatable bonds is 4. The lowest BCUT2D eigenvalue weighted by Crippen LogP contribution is -2.54. The average molecular weight is 487 g/mol. The van der Waals surface area contributed by atoms with Crippen LogP contribution in [0.1, 0.15) is 31.1 Å². The number of urea groups is 1. The predicted octanol–water partition coefficient (Wildman–Crippen LogP) is 3.66. The quantitative estimate of drug-likeness (QED) is 0.608. The molecule has 0 spiro atoms. The summed E-state index contributed by atoms with van der Waals surface area (Å²) in [5.41, 5.74) is -0.522. The van der Waals surface area contributed by atoms with Gasteiger partial charge in [0.05, 0.1) is 31.5 Å². The molecular weight excluding hydrogens is 459 g/mol. The predicted molar refractivity (Wildman–Crippen MR) is 123 cm³/mol. The molecule has 1 unspecified atom stereocenters. The van der Waals surface area contributed by atoms with Crippen molar-refractivity contribution < 1.29 is 33.0 Å². The van der Waals surface area contributed by atoms with Crippen molar-refractivity contribution in [2.45, 2.75) is 32.4 Å². The Morgan fingerprint density at radius 3 is 2.51 bits per heavy atom. The van der Waals surface area contributed by atoms with Crippen LogP contribution in [0.25, 0.3) is 0 Å². The minimum absolute atomic E-state index is 0.0695. The number of fused-ring (bicyclic) bond motifs is 1. The molecule has 2 aromatic rings. The zero-order chi connectivity index (χ0) is 25.3. The zero-order valence-corrected chi connectivity index (χ0v) is 20.0. The molecular formula is C24H27FN4O6. The fraction of sp³-hybridized carbons (Fsp3) is 0.417. The molecule has 35 heavy (non-hydrogen) atoms. The molecule has 1 aromatic carbocycles. The topological polar surface area (TPSA) is 102 Å². The van der Waals surface area contributed by atoms with Crippen LogP contribution in [0.15, 0.2) is 36.5 Å². The number of nitrogens with zero attached hydrogens (tertiary/aromatic N) is 4. The first-order chi connectivity index (χ1) is 16.6. The van der Waals surface area contributed by atoms with Crippen molar-refractivity contribution in [2.24, 2.45) is 0 Å². The van der Waals surface area contributed by atoms with E-state index in [9.17, 15) is 18.8 Å². The monoisotopic (exact) mass is 486 g/mol. The van der Waals surface area contributed by atoms with Gasteiger partial charge in [0.15, 0.2) is 11.6 Å². The fourth-order valence-electron chi connectivity index (χ4n) is 3.94. The summed E-state index contributed by atoms with van der Waals surface area (Å²) in [4.78, 5) is 46.1. The van der Waals surface area contributed by atoms with Gasteiger partial charge in [-0.1, -0.05) is 0 Å². The molecule has 3 heterocycles. The van der Waals surface area contributed by atoms with Gasteiger partial charge in [0.1, 0.15) is 17.2 Å². The third-order valence-corrected chi connectivity index (χ3v) is 5.58. The number of halogens is 1. The number of carbonyl (C=O) groups excluding carboxylic acids is 3. The molecule has 0 N–H and O–H groups in total. The molecule has 2 aliphatic rings. The van der Waals surface area contributed by atoms with Crippen LogP contribution in [0.3, 0.4) is 0 Å². The van der Waals surface area contributed by atoms with E-state index in [-0.39, 0.29) is 29.1 Å². The Hall–Kier alpha value is -3.89. The summed E-state index contributed by atoms with van der Waals surface area (Å²) in [5.74, 6) is -0.773. The van der Waals surface area contributed by atoms with Gasteiger partial charge < -0.3 is 24.0 Å². The van der Waals surface area contributed by atoms with E-state index < -0.39 is 23.5 Å². The molecule has 186 valence electrons. The van der Waals surface area contributed by atoms with Gasteiger partial charge in [-0.05, 0) is 51.1 Å². The number of aromatic nitrogens is 1.